The number of fused-ring (bicyclic) bond motifs is 2. The van der Waals surface area contributed by atoms with E-state index in [4.69, 9.17) is 10.5 Å². The highest BCUT2D eigenvalue weighted by Crippen LogP contribution is 2.37. The molecule has 1 atom stereocenters. The molecule has 0 radical (unpaired) electrons. The van der Waals surface area contributed by atoms with E-state index in [1.165, 1.54) is 0 Å². The lowest BCUT2D eigenvalue weighted by atomic mass is 10.1. The molecule has 3 aromatic heterocycles. The third-order valence-corrected chi connectivity index (χ3v) is 6.79. The second kappa shape index (κ2) is 9.50. The lowest BCUT2D eigenvalue weighted by Crippen LogP contribution is -2.39. The summed E-state index contributed by atoms with van der Waals surface area (Å²) in [5.74, 6) is 2.18. The molecule has 0 aliphatic heterocycles. The first-order valence-electron chi connectivity index (χ1n) is 11.4. The van der Waals surface area contributed by atoms with Crippen LogP contribution in [0.3, 0.4) is 0 Å². The molecular formula is C25H27N7O3S. The smallest absolute Gasteiger partial charge is 0.326 e. The maximum Gasteiger partial charge on any atom is 0.326 e. The van der Waals surface area contributed by atoms with Gasteiger partial charge in [-0.1, -0.05) is 0 Å². The zero-order chi connectivity index (χ0) is 25.4. The Hall–Kier alpha value is -4.12. The number of H-pyrrole nitrogens is 2. The number of nitrogen functional groups attached to an aromatic ring is 1. The van der Waals surface area contributed by atoms with Crippen LogP contribution in [0.15, 0.2) is 48.7 Å². The molecule has 5 N–H and O–H groups in total. The first-order chi connectivity index (χ1) is 17.4. The lowest BCUT2D eigenvalue weighted by Gasteiger charge is -2.29. The van der Waals surface area contributed by atoms with Crippen molar-refractivity contribution in [1.29, 1.82) is 0 Å². The van der Waals surface area contributed by atoms with Gasteiger partial charge < -0.3 is 30.4 Å². The predicted octanol–water partition coefficient (Wildman–Crippen LogP) is 4.47. The molecule has 0 amide bonds. The van der Waals surface area contributed by atoms with E-state index < -0.39 is 12.0 Å². The summed E-state index contributed by atoms with van der Waals surface area (Å²) in [5, 5.41) is 15.7. The number of methoxy groups -OCH3 is 1. The highest BCUT2D eigenvalue weighted by molar-refractivity contribution is 7.98. The third-order valence-electron chi connectivity index (χ3n) is 6.14. The molecule has 0 fully saturated rings. The molecule has 36 heavy (non-hydrogen) atoms. The van der Waals surface area contributed by atoms with E-state index in [2.05, 4.69) is 20.1 Å². The maximum absolute atomic E-state index is 12.5. The predicted molar refractivity (Wildman–Crippen MR) is 144 cm³/mol. The fourth-order valence-corrected chi connectivity index (χ4v) is 4.86. The number of carbonyl (C=O) groups is 1. The number of rotatable bonds is 9. The first kappa shape index (κ1) is 23.6. The topological polar surface area (TPSA) is 138 Å². The van der Waals surface area contributed by atoms with Gasteiger partial charge in [0.05, 0.1) is 35.5 Å². The van der Waals surface area contributed by atoms with Gasteiger partial charge in [-0.15, -0.1) is 0 Å². The van der Waals surface area contributed by atoms with Gasteiger partial charge in [0, 0.05) is 11.5 Å². The van der Waals surface area contributed by atoms with Crippen molar-refractivity contribution in [3.63, 3.8) is 0 Å². The number of benzene rings is 2. The highest BCUT2D eigenvalue weighted by Gasteiger charge is 2.31. The largest absolute Gasteiger partial charge is 0.497 e. The molecule has 0 aliphatic rings. The van der Waals surface area contributed by atoms with Crippen LogP contribution in [0.1, 0.15) is 12.2 Å². The summed E-state index contributed by atoms with van der Waals surface area (Å²) in [6, 6.07) is 12.4. The van der Waals surface area contributed by atoms with Crippen LogP contribution in [-0.2, 0) is 4.79 Å². The van der Waals surface area contributed by atoms with E-state index in [0.717, 1.165) is 33.4 Å². The molecule has 0 spiro atoms. The van der Waals surface area contributed by atoms with Gasteiger partial charge in [-0.3, -0.25) is 0 Å². The molecular weight excluding hydrogens is 478 g/mol. The number of nitrogens with one attached hydrogen (secondary N) is 2. The Balaban J connectivity index is 1.63. The minimum atomic E-state index is -0.944. The van der Waals surface area contributed by atoms with Gasteiger partial charge in [-0.05, 0) is 61.8 Å². The van der Waals surface area contributed by atoms with Crippen molar-refractivity contribution < 1.29 is 14.6 Å². The molecule has 5 aromatic rings. The van der Waals surface area contributed by atoms with Crippen molar-refractivity contribution in [2.45, 2.75) is 19.4 Å². The minimum Gasteiger partial charge on any atom is -0.497 e. The molecule has 3 heterocycles. The molecule has 10 nitrogen and oxygen atoms in total. The van der Waals surface area contributed by atoms with E-state index in [1.54, 1.807) is 34.7 Å². The van der Waals surface area contributed by atoms with Crippen molar-refractivity contribution in [1.82, 2.24) is 24.7 Å². The number of carboxylic acids is 1. The van der Waals surface area contributed by atoms with Gasteiger partial charge in [-0.2, -0.15) is 16.9 Å². The second-order valence-corrected chi connectivity index (χ2v) is 9.45. The standard InChI is InChI=1S/C25H27N7O3S/c1-14-28-18-7-5-16(11-20(18)29-14)32-24(26)22(13-27-32)31(21(25(33)34)8-9-36-3)23-10-15-4-6-17(35-2)12-19(15)30-23/h4-7,10-13,21,30H,8-9,26H2,1-3H3,(H,28,29)(H,33,34)/t21-/m0/s1. The molecule has 186 valence electrons. The van der Waals surface area contributed by atoms with E-state index in [9.17, 15) is 9.90 Å². The second-order valence-electron chi connectivity index (χ2n) is 8.46. The number of aromatic nitrogens is 5. The van der Waals surface area contributed by atoms with Crippen molar-refractivity contribution in [2.75, 3.05) is 29.8 Å². The fourth-order valence-electron chi connectivity index (χ4n) is 4.40. The number of ether oxygens (including phenoxy) is 1. The molecule has 5 rings (SSSR count). The fraction of sp³-hybridized carbons (Fsp3) is 0.240. The molecule has 0 saturated heterocycles. The Kier molecular flexibility index (Phi) is 6.23. The average molecular weight is 506 g/mol. The number of nitrogens with zero attached hydrogens (tertiary/aromatic N) is 4. The van der Waals surface area contributed by atoms with Crippen molar-refractivity contribution in [3.05, 3.63) is 54.5 Å². The van der Waals surface area contributed by atoms with Gasteiger partial charge in [-0.25, -0.2) is 14.5 Å². The molecule has 0 aliphatic carbocycles. The number of carboxylic acid groups (broad SMARTS) is 1. The number of aromatic amines is 2. The SMILES string of the molecule is COc1ccc2cc(N(c3cnn(-c4ccc5[nH]c(C)nc5c4)c3N)[C@@H](CCSC)C(=O)O)[nH]c2c1. The van der Waals surface area contributed by atoms with Crippen LogP contribution in [0.4, 0.5) is 17.3 Å². The van der Waals surface area contributed by atoms with Crippen LogP contribution in [0.5, 0.6) is 5.75 Å². The molecule has 0 saturated carbocycles. The van der Waals surface area contributed by atoms with Gasteiger partial charge in [0.2, 0.25) is 0 Å². The normalized spacial score (nSPS) is 12.3. The summed E-state index contributed by atoms with van der Waals surface area (Å²) in [6.07, 6.45) is 3.98. The van der Waals surface area contributed by atoms with Crippen molar-refractivity contribution in [3.8, 4) is 11.4 Å². The first-order valence-corrected chi connectivity index (χ1v) is 12.8. The van der Waals surface area contributed by atoms with Crippen LogP contribution < -0.4 is 15.4 Å². The summed E-state index contributed by atoms with van der Waals surface area (Å²) in [7, 11) is 1.61. The summed E-state index contributed by atoms with van der Waals surface area (Å²) in [6.45, 7) is 1.90. The number of hydrogen-bond donors (Lipinski definition) is 4. The van der Waals surface area contributed by atoms with E-state index in [1.807, 2.05) is 55.6 Å². The number of imidazole rings is 1. The Bertz CT molecular complexity index is 1550. The number of aryl methyl sites for hydroxylation is 1. The summed E-state index contributed by atoms with van der Waals surface area (Å²) in [4.78, 5) is 25.3. The monoisotopic (exact) mass is 505 g/mol. The van der Waals surface area contributed by atoms with Crippen molar-refractivity contribution >= 4 is 57.0 Å². The third kappa shape index (κ3) is 4.22. The minimum absolute atomic E-state index is 0.327. The van der Waals surface area contributed by atoms with Crippen LogP contribution >= 0.6 is 11.8 Å². The Morgan fingerprint density at radius 1 is 1.22 bits per heavy atom. The number of aliphatic carboxylic acids is 1. The van der Waals surface area contributed by atoms with E-state index in [0.29, 0.717) is 35.2 Å². The van der Waals surface area contributed by atoms with Crippen LogP contribution in [0, 0.1) is 6.92 Å². The summed E-state index contributed by atoms with van der Waals surface area (Å²) < 4.78 is 6.95. The summed E-state index contributed by atoms with van der Waals surface area (Å²) >= 11 is 1.60. The lowest BCUT2D eigenvalue weighted by molar-refractivity contribution is -0.138. The Morgan fingerprint density at radius 3 is 2.81 bits per heavy atom. The molecule has 0 unspecified atom stereocenters. The molecule has 2 aromatic carbocycles. The Morgan fingerprint density at radius 2 is 2.06 bits per heavy atom. The quantitative estimate of drug-likeness (QED) is 0.230. The van der Waals surface area contributed by atoms with E-state index >= 15 is 0 Å². The van der Waals surface area contributed by atoms with Crippen LogP contribution in [0.25, 0.3) is 27.6 Å². The summed E-state index contributed by atoms with van der Waals surface area (Å²) in [5.41, 5.74) is 10.4. The maximum atomic E-state index is 12.5. The number of hydrogen-bond acceptors (Lipinski definition) is 7. The Labute approximate surface area is 211 Å². The zero-order valence-corrected chi connectivity index (χ0v) is 21.0. The highest BCUT2D eigenvalue weighted by atomic mass is 32.2. The van der Waals surface area contributed by atoms with Crippen LogP contribution in [0.2, 0.25) is 0 Å². The van der Waals surface area contributed by atoms with Crippen molar-refractivity contribution in [2.24, 2.45) is 0 Å². The number of anilines is 3. The van der Waals surface area contributed by atoms with Gasteiger partial charge in [0.25, 0.3) is 0 Å². The zero-order valence-electron chi connectivity index (χ0n) is 20.1. The van der Waals surface area contributed by atoms with Gasteiger partial charge in [0.15, 0.2) is 5.82 Å². The van der Waals surface area contributed by atoms with Gasteiger partial charge >= 0.3 is 5.97 Å². The van der Waals surface area contributed by atoms with E-state index in [-0.39, 0.29) is 0 Å². The molecule has 0 bridgehead atoms. The van der Waals surface area contributed by atoms with Gasteiger partial charge in [0.1, 0.15) is 29.1 Å². The number of nitrogens with two attached hydrogens (primary N) is 1. The number of thioether (sulfide) groups is 1. The molecule has 11 heteroatoms. The van der Waals surface area contributed by atoms with Crippen LogP contribution in [-0.4, -0.2) is 61.0 Å². The average Bonchev–Trinajstić information content (AvgIpc) is 3.56.